The third-order valence-corrected chi connectivity index (χ3v) is 4.58. The maximum atomic E-state index is 13.6. The van der Waals surface area contributed by atoms with E-state index in [1.807, 2.05) is 18.2 Å². The van der Waals surface area contributed by atoms with Crippen LogP contribution in [0.1, 0.15) is 11.1 Å². The number of carbonyl (C=O) groups is 2. The third kappa shape index (κ3) is 7.13. The normalized spacial score (nSPS) is 18.8. The first-order chi connectivity index (χ1) is 14.8. The summed E-state index contributed by atoms with van der Waals surface area (Å²) in [6.07, 6.45) is 2.79. The highest BCUT2D eigenvalue weighted by atomic mass is 19.2. The van der Waals surface area contributed by atoms with Crippen LogP contribution in [0.15, 0.2) is 73.3 Å². The molecule has 31 heavy (non-hydrogen) atoms. The van der Waals surface area contributed by atoms with Gasteiger partial charge in [-0.05, 0) is 23.3 Å². The van der Waals surface area contributed by atoms with E-state index in [4.69, 9.17) is 14.9 Å². The topological polar surface area (TPSA) is 87.1 Å². The highest BCUT2D eigenvalue weighted by molar-refractivity contribution is 5.89. The van der Waals surface area contributed by atoms with Gasteiger partial charge in [0.1, 0.15) is 5.60 Å². The van der Waals surface area contributed by atoms with Crippen molar-refractivity contribution in [2.75, 3.05) is 19.7 Å². The predicted molar refractivity (Wildman–Crippen MR) is 110 cm³/mol. The number of hydrogen-bond acceptors (Lipinski definition) is 4. The molecule has 3 rings (SSSR count). The summed E-state index contributed by atoms with van der Waals surface area (Å²) in [7, 11) is 0. The maximum Gasteiger partial charge on any atom is 0.328 e. The van der Waals surface area contributed by atoms with Crippen molar-refractivity contribution in [1.82, 2.24) is 4.90 Å². The Morgan fingerprint density at radius 3 is 2.26 bits per heavy atom. The van der Waals surface area contributed by atoms with Crippen LogP contribution >= 0.6 is 0 Å². The van der Waals surface area contributed by atoms with Crippen LogP contribution in [0, 0.1) is 11.6 Å². The number of morpholine rings is 1. The second kappa shape index (κ2) is 11.1. The lowest BCUT2D eigenvalue weighted by molar-refractivity contribution is -0.134. The van der Waals surface area contributed by atoms with Crippen molar-refractivity contribution in [2.24, 2.45) is 0 Å². The number of ether oxygens (including phenoxy) is 1. The average molecular weight is 431 g/mol. The first-order valence-electron chi connectivity index (χ1n) is 9.39. The second-order valence-electron chi connectivity index (χ2n) is 6.78. The number of benzene rings is 2. The molecule has 1 fully saturated rings. The molecular formula is C23H23F2NO5. The molecule has 1 atom stereocenters. The second-order valence-corrected chi connectivity index (χ2v) is 6.78. The van der Waals surface area contributed by atoms with Gasteiger partial charge >= 0.3 is 11.9 Å². The van der Waals surface area contributed by atoms with E-state index in [2.05, 4.69) is 23.6 Å². The summed E-state index contributed by atoms with van der Waals surface area (Å²) in [6, 6.07) is 14.0. The summed E-state index contributed by atoms with van der Waals surface area (Å²) >= 11 is 0. The van der Waals surface area contributed by atoms with E-state index in [-0.39, 0.29) is 0 Å². The molecule has 0 spiro atoms. The standard InChI is InChI=1S/C19H19F2NO.C4H4O4/c1-2-19(16-8-9-17(20)18(21)12-16)14-22(10-11-23-19)13-15-6-4-3-5-7-15;5-3(6)1-2-4(7)8/h2-9,12H,1,10-11,13-14H2;1-2H,(H,5,6)(H,7,8)/b;2-1-. The first kappa shape index (κ1) is 23.9. The zero-order valence-electron chi connectivity index (χ0n) is 16.7. The summed E-state index contributed by atoms with van der Waals surface area (Å²) < 4.78 is 32.7. The van der Waals surface area contributed by atoms with Crippen LogP contribution in [-0.2, 0) is 26.5 Å². The summed E-state index contributed by atoms with van der Waals surface area (Å²) in [5.74, 6) is -4.24. The van der Waals surface area contributed by atoms with Gasteiger partial charge in [-0.3, -0.25) is 4.90 Å². The molecule has 1 saturated heterocycles. The Kier molecular flexibility index (Phi) is 8.60. The molecule has 0 aliphatic carbocycles. The summed E-state index contributed by atoms with van der Waals surface area (Å²) in [5, 5.41) is 15.6. The quantitative estimate of drug-likeness (QED) is 0.537. The molecule has 1 aliphatic rings. The number of carboxylic acids is 2. The van der Waals surface area contributed by atoms with Crippen LogP contribution in [0.2, 0.25) is 0 Å². The Morgan fingerprint density at radius 2 is 1.71 bits per heavy atom. The van der Waals surface area contributed by atoms with Crippen LogP contribution in [0.5, 0.6) is 0 Å². The van der Waals surface area contributed by atoms with Gasteiger partial charge in [0.25, 0.3) is 0 Å². The van der Waals surface area contributed by atoms with Crippen molar-refractivity contribution < 1.29 is 33.3 Å². The lowest BCUT2D eigenvalue weighted by Gasteiger charge is -2.41. The van der Waals surface area contributed by atoms with Crippen molar-refractivity contribution in [2.45, 2.75) is 12.1 Å². The fourth-order valence-corrected chi connectivity index (χ4v) is 3.11. The van der Waals surface area contributed by atoms with E-state index in [0.29, 0.717) is 30.9 Å². The van der Waals surface area contributed by atoms with Crippen molar-refractivity contribution in [3.8, 4) is 0 Å². The van der Waals surface area contributed by atoms with Crippen LogP contribution in [0.25, 0.3) is 0 Å². The SMILES string of the molecule is C=CC1(c2ccc(F)c(F)c2)CN(Cc2ccccc2)CCO1.O=C(O)/C=C\C(=O)O. The Hall–Kier alpha value is -3.36. The molecule has 0 aromatic heterocycles. The largest absolute Gasteiger partial charge is 0.478 e. The van der Waals surface area contributed by atoms with Crippen molar-refractivity contribution >= 4 is 11.9 Å². The molecule has 0 radical (unpaired) electrons. The van der Waals surface area contributed by atoms with Gasteiger partial charge in [-0.15, -0.1) is 0 Å². The van der Waals surface area contributed by atoms with Crippen molar-refractivity contribution in [1.29, 1.82) is 0 Å². The molecular weight excluding hydrogens is 408 g/mol. The lowest BCUT2D eigenvalue weighted by atomic mass is 9.91. The number of halogens is 2. The van der Waals surface area contributed by atoms with Gasteiger partial charge in [0.2, 0.25) is 0 Å². The minimum absolute atomic E-state index is 0.512. The van der Waals surface area contributed by atoms with Gasteiger partial charge in [-0.2, -0.15) is 0 Å². The minimum Gasteiger partial charge on any atom is -0.478 e. The van der Waals surface area contributed by atoms with Gasteiger partial charge in [0, 0.05) is 31.8 Å². The molecule has 2 N–H and O–H groups in total. The van der Waals surface area contributed by atoms with E-state index in [9.17, 15) is 18.4 Å². The van der Waals surface area contributed by atoms with Crippen molar-refractivity contribution in [3.63, 3.8) is 0 Å². The van der Waals surface area contributed by atoms with Gasteiger partial charge in [0.05, 0.1) is 6.61 Å². The van der Waals surface area contributed by atoms with Gasteiger partial charge < -0.3 is 14.9 Å². The van der Waals surface area contributed by atoms with E-state index in [1.165, 1.54) is 11.6 Å². The van der Waals surface area contributed by atoms with Crippen molar-refractivity contribution in [3.05, 3.63) is 96.1 Å². The number of nitrogens with zero attached hydrogens (tertiary/aromatic N) is 1. The van der Waals surface area contributed by atoms with Crippen LogP contribution in [-0.4, -0.2) is 46.7 Å². The van der Waals surface area contributed by atoms with E-state index < -0.39 is 29.2 Å². The van der Waals surface area contributed by atoms with Crippen LogP contribution in [0.4, 0.5) is 8.78 Å². The summed E-state index contributed by atoms with van der Waals surface area (Å²) in [6.45, 7) is 6.49. The van der Waals surface area contributed by atoms with E-state index in [0.717, 1.165) is 19.2 Å². The Bertz CT molecular complexity index is 932. The zero-order chi connectivity index (χ0) is 22.9. The zero-order valence-corrected chi connectivity index (χ0v) is 16.7. The number of hydrogen-bond donors (Lipinski definition) is 2. The average Bonchev–Trinajstić information content (AvgIpc) is 2.75. The Labute approximate surface area is 178 Å². The van der Waals surface area contributed by atoms with E-state index in [1.54, 1.807) is 12.1 Å². The molecule has 6 nitrogen and oxygen atoms in total. The molecule has 0 amide bonds. The van der Waals surface area contributed by atoms with Gasteiger partial charge in [-0.1, -0.05) is 49.1 Å². The molecule has 2 aromatic rings. The molecule has 2 aromatic carbocycles. The Morgan fingerprint density at radius 1 is 1.06 bits per heavy atom. The highest BCUT2D eigenvalue weighted by Gasteiger charge is 2.36. The third-order valence-electron chi connectivity index (χ3n) is 4.58. The number of rotatable bonds is 6. The molecule has 1 unspecified atom stereocenters. The number of carboxylic acid groups (broad SMARTS) is 2. The molecule has 164 valence electrons. The minimum atomic E-state index is -1.26. The number of aliphatic carboxylic acids is 2. The first-order valence-corrected chi connectivity index (χ1v) is 9.39. The molecule has 0 bridgehead atoms. The van der Waals surface area contributed by atoms with Gasteiger partial charge in [0.15, 0.2) is 11.6 Å². The molecule has 8 heteroatoms. The summed E-state index contributed by atoms with van der Waals surface area (Å²) in [4.78, 5) is 21.3. The fraction of sp³-hybridized carbons (Fsp3) is 0.217. The fourth-order valence-electron chi connectivity index (χ4n) is 3.11. The van der Waals surface area contributed by atoms with Crippen LogP contribution in [0.3, 0.4) is 0 Å². The monoisotopic (exact) mass is 431 g/mol. The summed E-state index contributed by atoms with van der Waals surface area (Å²) in [5.41, 5.74) is 0.975. The van der Waals surface area contributed by atoms with E-state index >= 15 is 0 Å². The van der Waals surface area contributed by atoms with Gasteiger partial charge in [-0.25, -0.2) is 18.4 Å². The maximum absolute atomic E-state index is 13.6. The molecule has 1 aliphatic heterocycles. The smallest absolute Gasteiger partial charge is 0.328 e. The predicted octanol–water partition coefficient (Wildman–Crippen LogP) is 3.59. The highest BCUT2D eigenvalue weighted by Crippen LogP contribution is 2.32. The molecule has 0 saturated carbocycles. The Balaban J connectivity index is 0.000000366. The molecule has 1 heterocycles. The lowest BCUT2D eigenvalue weighted by Crippen LogP contribution is -2.48. The van der Waals surface area contributed by atoms with Crippen LogP contribution < -0.4 is 0 Å².